The third kappa shape index (κ3) is 15.1. The van der Waals surface area contributed by atoms with Crippen LogP contribution in [0.25, 0.3) is 11.1 Å². The molecule has 38 heavy (non-hydrogen) atoms. The van der Waals surface area contributed by atoms with Crippen LogP contribution in [0.3, 0.4) is 0 Å². The van der Waals surface area contributed by atoms with Crippen molar-refractivity contribution in [2.75, 3.05) is 0 Å². The van der Waals surface area contributed by atoms with Crippen LogP contribution in [0.5, 0.6) is 0 Å². The fraction of sp³-hybridized carbons (Fsp3) is 0.333. The Kier molecular flexibility index (Phi) is 18.2. The van der Waals surface area contributed by atoms with Crippen LogP contribution < -0.4 is 0 Å². The van der Waals surface area contributed by atoms with Gasteiger partial charge in [0.05, 0.1) is 5.83 Å². The highest BCUT2D eigenvalue weighted by molar-refractivity contribution is 5.64. The molecule has 2 aromatic carbocycles. The molecule has 0 aliphatic rings. The molecule has 0 heterocycles. The van der Waals surface area contributed by atoms with Crippen LogP contribution in [-0.2, 0) is 6.42 Å². The van der Waals surface area contributed by atoms with Crippen LogP contribution in [0.2, 0.25) is 0 Å². The molecule has 208 valence electrons. The number of rotatable bonds is 10. The molecule has 0 aromatic heterocycles. The van der Waals surface area contributed by atoms with Crippen LogP contribution in [-0.4, -0.2) is 0 Å². The zero-order chi connectivity index (χ0) is 29.1. The van der Waals surface area contributed by atoms with Crippen molar-refractivity contribution in [3.05, 3.63) is 120 Å². The van der Waals surface area contributed by atoms with Gasteiger partial charge in [0.1, 0.15) is 23.3 Å². The van der Waals surface area contributed by atoms with Crippen molar-refractivity contribution < 1.29 is 22.0 Å². The molecule has 0 N–H and O–H groups in total. The van der Waals surface area contributed by atoms with Gasteiger partial charge >= 0.3 is 0 Å². The van der Waals surface area contributed by atoms with Crippen molar-refractivity contribution in [3.63, 3.8) is 0 Å². The summed E-state index contributed by atoms with van der Waals surface area (Å²) in [5, 5.41) is 0. The molecule has 0 saturated carbocycles. The summed E-state index contributed by atoms with van der Waals surface area (Å²) in [5.74, 6) is -2.63. The minimum Gasteiger partial charge on any atom is -0.212 e. The molecule has 0 amide bonds. The Balaban J connectivity index is 0.000000636. The van der Waals surface area contributed by atoms with Crippen LogP contribution in [0.1, 0.15) is 65.9 Å². The lowest BCUT2D eigenvalue weighted by Crippen LogP contribution is -1.94. The topological polar surface area (TPSA) is 0 Å². The second-order valence-corrected chi connectivity index (χ2v) is 8.81. The van der Waals surface area contributed by atoms with E-state index in [1.54, 1.807) is 37.3 Å². The second kappa shape index (κ2) is 19.8. The number of hydrogen-bond acceptors (Lipinski definition) is 0. The van der Waals surface area contributed by atoms with Gasteiger partial charge < -0.3 is 0 Å². The molecule has 0 fully saturated rings. The zero-order valence-electron chi connectivity index (χ0n) is 23.3. The fourth-order valence-electron chi connectivity index (χ4n) is 3.06. The van der Waals surface area contributed by atoms with Crippen molar-refractivity contribution in [1.82, 2.24) is 0 Å². The highest BCUT2D eigenvalue weighted by Gasteiger charge is 2.08. The summed E-state index contributed by atoms with van der Waals surface area (Å²) in [6.07, 6.45) is 10.3. The summed E-state index contributed by atoms with van der Waals surface area (Å²) in [7, 11) is 0. The average Bonchev–Trinajstić information content (AvgIpc) is 2.86. The van der Waals surface area contributed by atoms with E-state index in [0.717, 1.165) is 31.4 Å². The van der Waals surface area contributed by atoms with Gasteiger partial charge in [-0.25, -0.2) is 22.0 Å². The summed E-state index contributed by atoms with van der Waals surface area (Å²) in [6.45, 7) is 15.5. The molecule has 1 atom stereocenters. The monoisotopic (exact) mass is 532 g/mol. The minimum atomic E-state index is -0.674. The molecular formula is C33H41F5. The predicted octanol–water partition coefficient (Wildman–Crippen LogP) is 11.7. The molecule has 2 rings (SSSR count). The van der Waals surface area contributed by atoms with E-state index in [2.05, 4.69) is 33.9 Å². The third-order valence-corrected chi connectivity index (χ3v) is 5.32. The number of halogens is 5. The summed E-state index contributed by atoms with van der Waals surface area (Å²) in [5.41, 5.74) is 2.12. The average molecular weight is 533 g/mol. The smallest absolute Gasteiger partial charge is 0.131 e. The number of hydrogen-bond donors (Lipinski definition) is 0. The number of aryl methyl sites for hydroxylation is 1. The van der Waals surface area contributed by atoms with Crippen molar-refractivity contribution in [3.8, 4) is 11.1 Å². The van der Waals surface area contributed by atoms with E-state index in [1.807, 2.05) is 0 Å². The van der Waals surface area contributed by atoms with E-state index in [-0.39, 0.29) is 17.6 Å². The molecule has 5 heteroatoms. The molecule has 2 aromatic rings. The summed E-state index contributed by atoms with van der Waals surface area (Å²) in [4.78, 5) is 0. The van der Waals surface area contributed by atoms with Crippen LogP contribution >= 0.6 is 0 Å². The Morgan fingerprint density at radius 1 is 0.842 bits per heavy atom. The first kappa shape index (κ1) is 34.8. The summed E-state index contributed by atoms with van der Waals surface area (Å²) >= 11 is 0. The van der Waals surface area contributed by atoms with Gasteiger partial charge in [-0.15, -0.1) is 0 Å². The van der Waals surface area contributed by atoms with Crippen molar-refractivity contribution >= 4 is 0 Å². The first-order chi connectivity index (χ1) is 18.0. The molecule has 0 saturated heterocycles. The maximum atomic E-state index is 13.9. The van der Waals surface area contributed by atoms with Gasteiger partial charge in [0.15, 0.2) is 0 Å². The molecule has 0 nitrogen and oxygen atoms in total. The standard InChI is InChI=1S/C16H16F2.C13H15F3.C4H10/c1-2-3-6-12-9-10-13(11-16(12)18)14-7-4-5-8-15(14)17;1-9(5-6-10(2)14)13(7-11(3)15)8-12(4)16;1-3-4-2/h4-5,7-11H,2-3,6H2,1H3;5-9H,2-3H2,1,4H3;3-4H2,1-2H3/b;6-5-,12-8+,13-7+;. The third-order valence-electron chi connectivity index (χ3n) is 5.32. The van der Waals surface area contributed by atoms with Crippen molar-refractivity contribution in [1.29, 1.82) is 0 Å². The first-order valence-electron chi connectivity index (χ1n) is 12.9. The highest BCUT2D eigenvalue weighted by atomic mass is 19.1. The molecule has 0 aliphatic carbocycles. The lowest BCUT2D eigenvalue weighted by Gasteiger charge is -2.07. The SMILES string of the molecule is C=C(F)/C=C\C(C)C(=C/C(=C)F)/C=C(\C)F.CCCC.CCCCc1ccc(-c2ccccc2F)cc1F. The normalized spacial score (nSPS) is 12.3. The number of allylic oxidation sites excluding steroid dienone is 8. The molecule has 0 spiro atoms. The van der Waals surface area contributed by atoms with Gasteiger partial charge in [-0.2, -0.15) is 0 Å². The zero-order valence-corrected chi connectivity index (χ0v) is 23.3. The molecular weight excluding hydrogens is 491 g/mol. The van der Waals surface area contributed by atoms with Crippen molar-refractivity contribution in [2.24, 2.45) is 5.92 Å². The van der Waals surface area contributed by atoms with Crippen LogP contribution in [0, 0.1) is 17.6 Å². The van der Waals surface area contributed by atoms with Gasteiger partial charge in [0.25, 0.3) is 0 Å². The fourth-order valence-corrected chi connectivity index (χ4v) is 3.06. The molecule has 0 aliphatic heterocycles. The number of unbranched alkanes of at least 4 members (excludes halogenated alkanes) is 2. The highest BCUT2D eigenvalue weighted by Crippen LogP contribution is 2.25. The molecule has 0 radical (unpaired) electrons. The maximum Gasteiger partial charge on any atom is 0.131 e. The quantitative estimate of drug-likeness (QED) is 0.211. The van der Waals surface area contributed by atoms with Crippen molar-refractivity contribution in [2.45, 2.75) is 66.7 Å². The van der Waals surface area contributed by atoms with Gasteiger partial charge in [-0.05, 0) is 72.7 Å². The largest absolute Gasteiger partial charge is 0.212 e. The Hall–Kier alpha value is -3.21. The molecule has 1 unspecified atom stereocenters. The molecule has 0 bridgehead atoms. The van der Waals surface area contributed by atoms with Gasteiger partial charge in [0.2, 0.25) is 0 Å². The van der Waals surface area contributed by atoms with E-state index in [0.29, 0.717) is 22.3 Å². The summed E-state index contributed by atoms with van der Waals surface area (Å²) < 4.78 is 65.2. The summed E-state index contributed by atoms with van der Waals surface area (Å²) in [6, 6.07) is 11.4. The lowest BCUT2D eigenvalue weighted by atomic mass is 9.99. The van der Waals surface area contributed by atoms with E-state index in [1.165, 1.54) is 44.1 Å². The van der Waals surface area contributed by atoms with E-state index in [4.69, 9.17) is 0 Å². The Bertz CT molecular complexity index is 1090. The van der Waals surface area contributed by atoms with Gasteiger partial charge in [0, 0.05) is 5.56 Å². The lowest BCUT2D eigenvalue weighted by molar-refractivity contribution is 0.603. The van der Waals surface area contributed by atoms with E-state index >= 15 is 0 Å². The Labute approximate surface area is 226 Å². The van der Waals surface area contributed by atoms with Gasteiger partial charge in [-0.3, -0.25) is 0 Å². The van der Waals surface area contributed by atoms with E-state index < -0.39 is 17.5 Å². The van der Waals surface area contributed by atoms with Crippen LogP contribution in [0.15, 0.2) is 103 Å². The van der Waals surface area contributed by atoms with Crippen LogP contribution in [0.4, 0.5) is 22.0 Å². The number of benzene rings is 2. The Morgan fingerprint density at radius 2 is 1.47 bits per heavy atom. The predicted molar refractivity (Wildman–Crippen MR) is 153 cm³/mol. The van der Waals surface area contributed by atoms with Gasteiger partial charge in [-0.1, -0.05) is 96.5 Å². The van der Waals surface area contributed by atoms with E-state index in [9.17, 15) is 22.0 Å². The maximum absolute atomic E-state index is 13.9. The minimum absolute atomic E-state index is 0.246. The first-order valence-corrected chi connectivity index (χ1v) is 12.9. The second-order valence-electron chi connectivity index (χ2n) is 8.81. The Morgan fingerprint density at radius 3 is 1.95 bits per heavy atom.